The van der Waals surface area contributed by atoms with Gasteiger partial charge < -0.3 is 30.7 Å². The van der Waals surface area contributed by atoms with Gasteiger partial charge >= 0.3 is 37.1 Å². The average Bonchev–Trinajstić information content (AvgIpc) is 1.61. The van der Waals surface area contributed by atoms with E-state index in [0.29, 0.717) is 38.6 Å². The van der Waals surface area contributed by atoms with E-state index < -0.39 is 125 Å². The van der Waals surface area contributed by atoms with Crippen molar-refractivity contribution in [3.05, 3.63) is 144 Å². The second-order valence-electron chi connectivity index (χ2n) is 23.9. The summed E-state index contributed by atoms with van der Waals surface area (Å²) in [6, 6.07) is 19.3. The largest absolute Gasteiger partial charge is 0.433 e. The maximum atomic E-state index is 14.4. The van der Waals surface area contributed by atoms with Crippen LogP contribution < -0.4 is 30.7 Å². The smallest absolute Gasteiger partial charge is 0.339 e. The number of halogens is 21. The number of aromatic nitrogens is 15. The van der Waals surface area contributed by atoms with E-state index in [0.717, 1.165) is 78.1 Å². The molecule has 0 aromatic carbocycles. The molecule has 3 fully saturated rings. The maximum Gasteiger partial charge on any atom is 0.433 e. The Morgan fingerprint density at radius 2 is 0.759 bits per heavy atom. The molecule has 3 saturated heterocycles. The molecule has 572 valence electrons. The van der Waals surface area contributed by atoms with Crippen molar-refractivity contribution in [2.24, 2.45) is 17.3 Å². The Morgan fingerprint density at radius 1 is 0.417 bits per heavy atom. The molecule has 0 saturated carbocycles. The van der Waals surface area contributed by atoms with Crippen LogP contribution in [-0.4, -0.2) is 126 Å². The number of nitrogens with one attached hydrogen (secondary N) is 3. The Kier molecular flexibility index (Phi) is 24.0. The minimum absolute atomic E-state index is 0. The quantitative estimate of drug-likeness (QED) is 0.0958. The summed E-state index contributed by atoms with van der Waals surface area (Å²) < 4.78 is 278. The van der Waals surface area contributed by atoms with Crippen LogP contribution in [0.2, 0.25) is 0 Å². The Hall–Kier alpha value is -11.1. The van der Waals surface area contributed by atoms with Gasteiger partial charge in [0.1, 0.15) is 51.2 Å². The van der Waals surface area contributed by atoms with Gasteiger partial charge in [-0.2, -0.15) is 161 Å². The molecular weight excluding hydrogens is 1530 g/mol. The molecule has 0 aliphatic carbocycles. The van der Waals surface area contributed by atoms with Crippen molar-refractivity contribution < 1.29 is 92.2 Å². The topological polar surface area (TPSA) is 287 Å². The molecule has 0 bridgehead atoms. The Morgan fingerprint density at radius 3 is 1.06 bits per heavy atom. The van der Waals surface area contributed by atoms with Crippen LogP contribution in [0.3, 0.4) is 0 Å². The monoisotopic (exact) mass is 1580 g/mol. The lowest BCUT2D eigenvalue weighted by molar-refractivity contribution is -0.141. The van der Waals surface area contributed by atoms with Crippen molar-refractivity contribution in [3.8, 4) is 46.7 Å². The summed E-state index contributed by atoms with van der Waals surface area (Å²) in [7, 11) is 0. The van der Waals surface area contributed by atoms with Crippen LogP contribution in [-0.2, 0) is 37.1 Å². The summed E-state index contributed by atoms with van der Waals surface area (Å²) in [5, 5.41) is 26.4. The second kappa shape index (κ2) is 31.4. The van der Waals surface area contributed by atoms with Gasteiger partial charge in [0.2, 0.25) is 35.7 Å². The molecule has 23 nitrogen and oxygen atoms in total. The van der Waals surface area contributed by atoms with Gasteiger partial charge in [-0.3, -0.25) is 15.0 Å². The number of rotatable bonds is 12. The van der Waals surface area contributed by atoms with Gasteiger partial charge in [-0.15, -0.1) is 0 Å². The standard InChI is InChI=1S/2C21H16F6N8.C20H14F9N7.2H2S/c1-19(10-28)6-8-35(11-19)18-33-16(13-3-2-4-14(31-13)20(22,23)24)32-17(34-18)30-12-5-7-29-15(9-12)21(25,26)27;1-11-9-35(10-12(11)8-28)19-33-17(14-3-2-4-15(31-14)20(22,23)24)32-18(34-19)30-13-5-6-29-16(7-13)21(25,26)27;1-17(21)8-36(9-18(17,22)23)16-34-14(11-3-2-4-12(32-11)19(24,25)26)33-15(35-16)31-10-5-6-30-13(7-10)20(27,28)29;;/h2-5,7,9H,6,8,11H2,1H3,(H,29,30,32,33,34);2-7,11-12H,9-10H2,1H3,(H,29,30,32,33,34);2-7H,8-9H2,1H3,(H,30,31,33,34,35);2*1H2/t;11-,12-;;;/m.1.../s1. The number of hydrogen-bond acceptors (Lipinski definition) is 23. The van der Waals surface area contributed by atoms with E-state index in [9.17, 15) is 103 Å². The van der Waals surface area contributed by atoms with Crippen LogP contribution in [0.15, 0.2) is 110 Å². The summed E-state index contributed by atoms with van der Waals surface area (Å²) in [6.07, 6.45) is -25.2. The van der Waals surface area contributed by atoms with E-state index in [-0.39, 0.29) is 116 Å². The Bertz CT molecular complexity index is 4600. The van der Waals surface area contributed by atoms with Crippen molar-refractivity contribution >= 4 is 79.7 Å². The van der Waals surface area contributed by atoms with Crippen molar-refractivity contribution in [1.82, 2.24) is 74.8 Å². The fourth-order valence-electron chi connectivity index (χ4n) is 10.2. The third-order valence-electron chi connectivity index (χ3n) is 15.6. The summed E-state index contributed by atoms with van der Waals surface area (Å²) >= 11 is 0. The second-order valence-corrected chi connectivity index (χ2v) is 23.9. The number of alkyl halides is 21. The normalized spacial score (nSPS) is 18.6. The van der Waals surface area contributed by atoms with Gasteiger partial charge in [-0.05, 0) is 99.0 Å². The summed E-state index contributed by atoms with van der Waals surface area (Å²) in [5.74, 6) is -6.52. The van der Waals surface area contributed by atoms with Gasteiger partial charge in [0, 0.05) is 61.8 Å². The van der Waals surface area contributed by atoms with Gasteiger partial charge in [-0.25, -0.2) is 28.1 Å². The van der Waals surface area contributed by atoms with Crippen molar-refractivity contribution in [2.45, 2.75) is 75.8 Å². The van der Waals surface area contributed by atoms with Crippen molar-refractivity contribution in [1.29, 1.82) is 10.5 Å². The van der Waals surface area contributed by atoms with Crippen LogP contribution in [0.25, 0.3) is 34.6 Å². The molecule has 2 unspecified atom stereocenters. The van der Waals surface area contributed by atoms with E-state index in [4.69, 9.17) is 0 Å². The molecule has 3 N–H and O–H groups in total. The third-order valence-corrected chi connectivity index (χ3v) is 15.6. The minimum Gasteiger partial charge on any atom is -0.339 e. The first kappa shape index (κ1) is 82.6. The molecule has 46 heteroatoms. The lowest BCUT2D eigenvalue weighted by atomic mass is 9.92. The lowest BCUT2D eigenvalue weighted by Crippen LogP contribution is -2.39. The van der Waals surface area contributed by atoms with E-state index in [1.54, 1.807) is 16.7 Å². The van der Waals surface area contributed by atoms with Gasteiger partial charge in [0.05, 0.1) is 36.6 Å². The van der Waals surface area contributed by atoms with E-state index in [1.807, 2.05) is 6.92 Å². The molecule has 9 aromatic rings. The molecule has 4 atom stereocenters. The first-order valence-electron chi connectivity index (χ1n) is 30.3. The number of nitriles is 2. The van der Waals surface area contributed by atoms with Crippen molar-refractivity contribution in [2.75, 3.05) is 69.9 Å². The highest BCUT2D eigenvalue weighted by Gasteiger charge is 2.59. The first-order valence-corrected chi connectivity index (χ1v) is 30.3. The fraction of sp³-hybridized carbons (Fsp3) is 0.339. The zero-order valence-corrected chi connectivity index (χ0v) is 56.9. The van der Waals surface area contributed by atoms with Crippen LogP contribution >= 0.6 is 27.0 Å². The van der Waals surface area contributed by atoms with E-state index in [2.05, 4.69) is 103 Å². The van der Waals surface area contributed by atoms with Gasteiger partial charge in [-0.1, -0.05) is 25.1 Å². The Balaban J connectivity index is 0.000000202. The molecule has 3 aliphatic heterocycles. The molecule has 12 heterocycles. The van der Waals surface area contributed by atoms with Crippen LogP contribution in [0.4, 0.5) is 145 Å². The Labute approximate surface area is 608 Å². The molecule has 3 aliphatic rings. The highest BCUT2D eigenvalue weighted by Crippen LogP contribution is 2.43. The van der Waals surface area contributed by atoms with Crippen LogP contribution in [0.1, 0.15) is 61.4 Å². The lowest BCUT2D eigenvalue weighted by Gasteiger charge is -2.19. The molecule has 0 radical (unpaired) electrons. The SMILES string of the molecule is CC1(C#N)CCN(c2nc(Nc3ccnc(C(F)(F)F)c3)nc(-c3cccc(C(F)(F)F)n3)n2)C1.CC1(F)CN(c2nc(Nc3ccnc(C(F)(F)F)c3)nc(-c3cccc(C(F)(F)F)n3)n2)CC1(F)F.C[C@@H]1CN(c2nc(Nc3ccnc(C(F)(F)F)c3)nc(-c3cccc(C(F)(F)F)n3)n2)C[C@H]1C#N.S.S. The molecule has 0 amide bonds. The summed E-state index contributed by atoms with van der Waals surface area (Å²) in [4.78, 5) is 61.2. The highest BCUT2D eigenvalue weighted by molar-refractivity contribution is 7.59. The van der Waals surface area contributed by atoms with Crippen LogP contribution in [0.5, 0.6) is 0 Å². The predicted octanol–water partition coefficient (Wildman–Crippen LogP) is 15.1. The molecule has 108 heavy (non-hydrogen) atoms. The van der Waals surface area contributed by atoms with Gasteiger partial charge in [0.25, 0.3) is 5.92 Å². The maximum absolute atomic E-state index is 14.4. The minimum atomic E-state index is -4.83. The number of hydrogen-bond donors (Lipinski definition) is 3. The molecular formula is C62H50F21N23S2. The number of nitrogens with zero attached hydrogens (tertiary/aromatic N) is 20. The number of anilines is 9. The number of pyridine rings is 6. The average molecular weight is 1580 g/mol. The molecule has 9 aromatic heterocycles. The third kappa shape index (κ3) is 20.1. The fourth-order valence-corrected chi connectivity index (χ4v) is 10.2. The molecule has 12 rings (SSSR count). The molecule has 0 spiro atoms. The van der Waals surface area contributed by atoms with E-state index in [1.165, 1.54) is 24.3 Å². The summed E-state index contributed by atoms with van der Waals surface area (Å²) in [6.45, 7) is 3.54. The first-order chi connectivity index (χ1) is 49.3. The van der Waals surface area contributed by atoms with Crippen molar-refractivity contribution in [3.63, 3.8) is 0 Å². The zero-order valence-electron chi connectivity index (χ0n) is 54.9. The predicted molar refractivity (Wildman–Crippen MR) is 350 cm³/mol. The van der Waals surface area contributed by atoms with Gasteiger partial charge in [0.15, 0.2) is 23.1 Å². The summed E-state index contributed by atoms with van der Waals surface area (Å²) in [5.41, 5.74) is -12.0. The van der Waals surface area contributed by atoms with Crippen LogP contribution in [0, 0.1) is 39.9 Å². The zero-order chi connectivity index (χ0) is 77.3. The van der Waals surface area contributed by atoms with E-state index >= 15 is 0 Å². The highest BCUT2D eigenvalue weighted by atomic mass is 32.1.